The van der Waals surface area contributed by atoms with Crippen LogP contribution in [0.25, 0.3) is 6.08 Å². The number of benzene rings is 2. The highest BCUT2D eigenvalue weighted by Gasteiger charge is 2.18. The Labute approximate surface area is 174 Å². The number of nitrogens with one attached hydrogen (secondary N) is 1. The number of hydrogen-bond acceptors (Lipinski definition) is 6. The van der Waals surface area contributed by atoms with E-state index in [1.54, 1.807) is 24.3 Å². The van der Waals surface area contributed by atoms with Gasteiger partial charge in [0.05, 0.1) is 16.6 Å². The number of aromatic nitrogens is 1. The molecular formula is C23H20N4O3. The molecule has 30 heavy (non-hydrogen) atoms. The molecular weight excluding hydrogens is 380 g/mol. The number of nitro groups is 1. The first-order valence-electron chi connectivity index (χ1n) is 9.25. The fourth-order valence-electron chi connectivity index (χ4n) is 3.03. The number of nitriles is 1. The van der Waals surface area contributed by atoms with Crippen LogP contribution >= 0.6 is 0 Å². The maximum absolute atomic E-state index is 11.4. The van der Waals surface area contributed by atoms with Crippen LogP contribution in [0, 0.1) is 35.3 Å². The number of anilines is 2. The number of aryl methyl sites for hydroxylation is 2. The van der Waals surface area contributed by atoms with Crippen LogP contribution in [0.1, 0.15) is 29.2 Å². The lowest BCUT2D eigenvalue weighted by Crippen LogP contribution is -2.02. The molecule has 0 aliphatic carbocycles. The maximum Gasteiger partial charge on any atom is 0.311 e. The minimum atomic E-state index is -0.509. The Kier molecular flexibility index (Phi) is 6.08. The van der Waals surface area contributed by atoms with Gasteiger partial charge in [-0.25, -0.2) is 0 Å². The van der Waals surface area contributed by atoms with E-state index in [4.69, 9.17) is 10.00 Å². The second kappa shape index (κ2) is 8.88. The summed E-state index contributed by atoms with van der Waals surface area (Å²) in [7, 11) is 0. The van der Waals surface area contributed by atoms with Crippen molar-refractivity contribution in [3.05, 3.63) is 87.0 Å². The number of rotatable bonds is 6. The Hall–Kier alpha value is -4.18. The molecule has 2 aromatic carbocycles. The quantitative estimate of drug-likeness (QED) is 0.399. The van der Waals surface area contributed by atoms with E-state index in [1.807, 2.05) is 51.1 Å². The predicted octanol–water partition coefficient (Wildman–Crippen LogP) is 6.05. The summed E-state index contributed by atoms with van der Waals surface area (Å²) < 4.78 is 5.98. The molecule has 1 heterocycles. The SMILES string of the molecule is C/C=C/c1cc(C)c(Oc2ccc([N+](=O)[O-])c(Nc3ccc(C#N)cc3)n2)c(C)c1. The van der Waals surface area contributed by atoms with E-state index in [0.29, 0.717) is 17.0 Å². The van der Waals surface area contributed by atoms with Gasteiger partial charge in [-0.3, -0.25) is 10.1 Å². The van der Waals surface area contributed by atoms with E-state index in [2.05, 4.69) is 10.3 Å². The topological polar surface area (TPSA) is 101 Å². The normalized spacial score (nSPS) is 10.6. The average molecular weight is 400 g/mol. The van der Waals surface area contributed by atoms with Gasteiger partial charge in [0.2, 0.25) is 11.7 Å². The zero-order valence-corrected chi connectivity index (χ0v) is 16.8. The van der Waals surface area contributed by atoms with Crippen molar-refractivity contribution >= 4 is 23.3 Å². The van der Waals surface area contributed by atoms with Gasteiger partial charge in [-0.1, -0.05) is 12.2 Å². The third-order valence-electron chi connectivity index (χ3n) is 4.37. The van der Waals surface area contributed by atoms with Crippen molar-refractivity contribution in [2.24, 2.45) is 0 Å². The first kappa shape index (κ1) is 20.6. The van der Waals surface area contributed by atoms with Crippen LogP contribution in [0.3, 0.4) is 0 Å². The van der Waals surface area contributed by atoms with Gasteiger partial charge in [-0.2, -0.15) is 10.2 Å². The highest BCUT2D eigenvalue weighted by Crippen LogP contribution is 2.33. The van der Waals surface area contributed by atoms with E-state index >= 15 is 0 Å². The van der Waals surface area contributed by atoms with Gasteiger partial charge in [0.1, 0.15) is 5.75 Å². The van der Waals surface area contributed by atoms with Gasteiger partial charge in [0, 0.05) is 17.8 Å². The average Bonchev–Trinajstić information content (AvgIpc) is 2.71. The van der Waals surface area contributed by atoms with Crippen LogP contribution < -0.4 is 10.1 Å². The Morgan fingerprint density at radius 2 is 1.80 bits per heavy atom. The number of ether oxygens (including phenoxy) is 1. The Bertz CT molecular complexity index is 1140. The van der Waals surface area contributed by atoms with Crippen molar-refractivity contribution in [1.82, 2.24) is 4.98 Å². The van der Waals surface area contributed by atoms with Crippen LogP contribution in [0.15, 0.2) is 54.6 Å². The summed E-state index contributed by atoms with van der Waals surface area (Å²) in [5.41, 5.74) is 3.83. The van der Waals surface area contributed by atoms with Crippen molar-refractivity contribution in [2.75, 3.05) is 5.32 Å². The summed E-state index contributed by atoms with van der Waals surface area (Å²) in [5, 5.41) is 23.3. The maximum atomic E-state index is 11.4. The van der Waals surface area contributed by atoms with Crippen molar-refractivity contribution in [1.29, 1.82) is 5.26 Å². The van der Waals surface area contributed by atoms with E-state index in [1.165, 1.54) is 12.1 Å². The van der Waals surface area contributed by atoms with E-state index in [0.717, 1.165) is 16.7 Å². The molecule has 0 bridgehead atoms. The molecule has 0 saturated heterocycles. The lowest BCUT2D eigenvalue weighted by molar-refractivity contribution is -0.384. The second-order valence-electron chi connectivity index (χ2n) is 6.67. The summed E-state index contributed by atoms with van der Waals surface area (Å²) in [6.07, 6.45) is 3.97. The first-order valence-corrected chi connectivity index (χ1v) is 9.25. The lowest BCUT2D eigenvalue weighted by atomic mass is 10.1. The summed E-state index contributed by atoms with van der Waals surface area (Å²) in [5.74, 6) is 0.957. The third-order valence-corrected chi connectivity index (χ3v) is 4.37. The molecule has 0 fully saturated rings. The minimum absolute atomic E-state index is 0.0584. The van der Waals surface area contributed by atoms with Crippen LogP contribution in [0.2, 0.25) is 0 Å². The highest BCUT2D eigenvalue weighted by molar-refractivity contribution is 5.66. The summed E-state index contributed by atoms with van der Waals surface area (Å²) in [4.78, 5) is 15.2. The van der Waals surface area contributed by atoms with Crippen molar-refractivity contribution in [2.45, 2.75) is 20.8 Å². The van der Waals surface area contributed by atoms with Gasteiger partial charge in [-0.05, 0) is 73.9 Å². The van der Waals surface area contributed by atoms with E-state index < -0.39 is 4.92 Å². The second-order valence-corrected chi connectivity index (χ2v) is 6.67. The smallest absolute Gasteiger partial charge is 0.311 e. The number of pyridine rings is 1. The van der Waals surface area contributed by atoms with Crippen molar-refractivity contribution in [3.8, 4) is 17.7 Å². The Balaban J connectivity index is 1.94. The predicted molar refractivity (Wildman–Crippen MR) is 116 cm³/mol. The molecule has 3 rings (SSSR count). The molecule has 1 aromatic heterocycles. The van der Waals surface area contributed by atoms with Crippen LogP contribution in [-0.4, -0.2) is 9.91 Å². The van der Waals surface area contributed by atoms with Gasteiger partial charge in [-0.15, -0.1) is 0 Å². The molecule has 0 aliphatic heterocycles. The molecule has 0 unspecified atom stereocenters. The highest BCUT2D eigenvalue weighted by atomic mass is 16.6. The molecule has 7 nitrogen and oxygen atoms in total. The van der Waals surface area contributed by atoms with Gasteiger partial charge < -0.3 is 10.1 Å². The first-order chi connectivity index (χ1) is 14.4. The summed E-state index contributed by atoms with van der Waals surface area (Å²) in [6.45, 7) is 5.84. The zero-order valence-electron chi connectivity index (χ0n) is 16.8. The number of nitrogens with zero attached hydrogens (tertiary/aromatic N) is 3. The minimum Gasteiger partial charge on any atom is -0.438 e. The van der Waals surface area contributed by atoms with Crippen LogP contribution in [0.4, 0.5) is 17.2 Å². The van der Waals surface area contributed by atoms with Gasteiger partial charge in [0.15, 0.2) is 0 Å². The van der Waals surface area contributed by atoms with Crippen molar-refractivity contribution < 1.29 is 9.66 Å². The van der Waals surface area contributed by atoms with Gasteiger partial charge in [0.25, 0.3) is 0 Å². The summed E-state index contributed by atoms with van der Waals surface area (Å²) >= 11 is 0. The Morgan fingerprint density at radius 3 is 2.37 bits per heavy atom. The third kappa shape index (κ3) is 4.62. The molecule has 0 saturated carbocycles. The number of hydrogen-bond donors (Lipinski definition) is 1. The van der Waals surface area contributed by atoms with Crippen molar-refractivity contribution in [3.63, 3.8) is 0 Å². The molecule has 150 valence electrons. The molecule has 0 radical (unpaired) electrons. The molecule has 3 aromatic rings. The lowest BCUT2D eigenvalue weighted by Gasteiger charge is -2.13. The monoisotopic (exact) mass is 400 g/mol. The Morgan fingerprint density at radius 1 is 1.13 bits per heavy atom. The standard InChI is InChI=1S/C23H20N4O3/c1-4-5-18-12-15(2)22(16(3)13-18)30-21-11-10-20(27(28)29)23(26-21)25-19-8-6-17(14-24)7-9-19/h4-13H,1-3H3,(H,25,26)/b5-4+. The molecule has 0 amide bonds. The largest absolute Gasteiger partial charge is 0.438 e. The molecule has 7 heteroatoms. The molecule has 0 atom stereocenters. The summed E-state index contributed by atoms with van der Waals surface area (Å²) in [6, 6.07) is 15.4. The van der Waals surface area contributed by atoms with E-state index in [-0.39, 0.29) is 17.4 Å². The molecule has 0 aliphatic rings. The fraction of sp³-hybridized carbons (Fsp3) is 0.130. The zero-order chi connectivity index (χ0) is 21.7. The number of allylic oxidation sites excluding steroid dienone is 1. The van der Waals surface area contributed by atoms with Gasteiger partial charge >= 0.3 is 5.69 Å². The van der Waals surface area contributed by atoms with E-state index in [9.17, 15) is 10.1 Å². The van der Waals surface area contributed by atoms with Crippen LogP contribution in [-0.2, 0) is 0 Å². The fourth-order valence-corrected chi connectivity index (χ4v) is 3.03. The molecule has 0 spiro atoms. The van der Waals surface area contributed by atoms with Crippen LogP contribution in [0.5, 0.6) is 11.6 Å². The molecule has 1 N–H and O–H groups in total.